The highest BCUT2D eigenvalue weighted by Crippen LogP contribution is 2.16. The molecule has 0 saturated carbocycles. The highest BCUT2D eigenvalue weighted by atomic mass is 32.2. The summed E-state index contributed by atoms with van der Waals surface area (Å²) in [6.07, 6.45) is 1.36. The number of hydrazone groups is 1. The van der Waals surface area contributed by atoms with Crippen LogP contribution in [0, 0.1) is 0 Å². The number of methoxy groups -OCH3 is 1. The summed E-state index contributed by atoms with van der Waals surface area (Å²) in [5.74, 6) is -0.0155. The molecule has 8 nitrogen and oxygen atoms in total. The number of benzene rings is 2. The van der Waals surface area contributed by atoms with E-state index in [2.05, 4.69) is 14.9 Å². The maximum atomic E-state index is 12.2. The molecule has 24 heavy (non-hydrogen) atoms. The SMILES string of the molecule is COc1cccc(/C=N/NS(=O)(=O)c2ccc3[nH]c(=O)oc3c2)c1. The Morgan fingerprint density at radius 3 is 2.88 bits per heavy atom. The molecule has 0 atom stereocenters. The number of fused-ring (bicyclic) bond motifs is 1. The zero-order chi connectivity index (χ0) is 17.2. The lowest BCUT2D eigenvalue weighted by atomic mass is 10.2. The fourth-order valence-corrected chi connectivity index (χ4v) is 2.84. The number of aromatic nitrogens is 1. The zero-order valence-corrected chi connectivity index (χ0v) is 13.3. The lowest BCUT2D eigenvalue weighted by molar-refractivity contribution is 0.415. The summed E-state index contributed by atoms with van der Waals surface area (Å²) in [5.41, 5.74) is 1.24. The molecule has 0 radical (unpaired) electrons. The Morgan fingerprint density at radius 1 is 1.25 bits per heavy atom. The first-order chi connectivity index (χ1) is 11.5. The van der Waals surface area contributed by atoms with Crippen molar-refractivity contribution in [2.45, 2.75) is 4.90 Å². The summed E-state index contributed by atoms with van der Waals surface area (Å²) in [7, 11) is -2.35. The molecule has 124 valence electrons. The summed E-state index contributed by atoms with van der Waals surface area (Å²) < 4.78 is 34.4. The van der Waals surface area contributed by atoms with E-state index in [0.29, 0.717) is 16.8 Å². The number of sulfonamides is 1. The summed E-state index contributed by atoms with van der Waals surface area (Å²) in [6, 6.07) is 11.0. The summed E-state index contributed by atoms with van der Waals surface area (Å²) >= 11 is 0. The Bertz CT molecular complexity index is 1070. The molecular formula is C15H13N3O5S. The Kier molecular flexibility index (Phi) is 4.09. The molecule has 1 heterocycles. The van der Waals surface area contributed by atoms with Gasteiger partial charge in [-0.05, 0) is 29.8 Å². The highest BCUT2D eigenvalue weighted by Gasteiger charge is 2.14. The Balaban J connectivity index is 1.81. The third kappa shape index (κ3) is 3.30. The smallest absolute Gasteiger partial charge is 0.417 e. The van der Waals surface area contributed by atoms with Gasteiger partial charge in [-0.15, -0.1) is 0 Å². The molecule has 2 N–H and O–H groups in total. The predicted molar refractivity (Wildman–Crippen MR) is 87.7 cm³/mol. The average Bonchev–Trinajstić information content (AvgIpc) is 2.94. The molecule has 3 rings (SSSR count). The molecule has 9 heteroatoms. The summed E-state index contributed by atoms with van der Waals surface area (Å²) in [4.78, 5) is 15.6. The molecule has 0 fully saturated rings. The molecule has 0 bridgehead atoms. The van der Waals surface area contributed by atoms with Gasteiger partial charge in [0.1, 0.15) is 5.75 Å². The van der Waals surface area contributed by atoms with Crippen molar-refractivity contribution in [1.29, 1.82) is 0 Å². The van der Waals surface area contributed by atoms with E-state index in [9.17, 15) is 13.2 Å². The van der Waals surface area contributed by atoms with Crippen molar-refractivity contribution in [3.63, 3.8) is 0 Å². The molecule has 0 saturated heterocycles. The third-order valence-electron chi connectivity index (χ3n) is 3.18. The van der Waals surface area contributed by atoms with Gasteiger partial charge in [0.15, 0.2) is 5.58 Å². The molecule has 0 aliphatic heterocycles. The standard InChI is InChI=1S/C15H13N3O5S/c1-22-11-4-2-3-10(7-11)9-16-18-24(20,21)12-5-6-13-14(8-12)23-15(19)17-13/h2-9,18H,1H3,(H,17,19)/b16-9+. The fourth-order valence-electron chi connectivity index (χ4n) is 2.04. The van der Waals surface area contributed by atoms with Gasteiger partial charge in [-0.2, -0.15) is 13.5 Å². The minimum Gasteiger partial charge on any atom is -0.497 e. The molecule has 1 aromatic heterocycles. The molecule has 0 aliphatic rings. The van der Waals surface area contributed by atoms with Gasteiger partial charge in [0, 0.05) is 6.07 Å². The number of aromatic amines is 1. The maximum Gasteiger partial charge on any atom is 0.417 e. The van der Waals surface area contributed by atoms with Crippen molar-refractivity contribution in [1.82, 2.24) is 9.82 Å². The number of H-pyrrole nitrogens is 1. The van der Waals surface area contributed by atoms with E-state index >= 15 is 0 Å². The van der Waals surface area contributed by atoms with E-state index < -0.39 is 15.8 Å². The van der Waals surface area contributed by atoms with Gasteiger partial charge >= 0.3 is 5.76 Å². The number of oxazole rings is 1. The number of nitrogens with one attached hydrogen (secondary N) is 2. The van der Waals surface area contributed by atoms with Gasteiger partial charge in [0.25, 0.3) is 10.0 Å². The van der Waals surface area contributed by atoms with Crippen molar-refractivity contribution in [3.8, 4) is 5.75 Å². The lowest BCUT2D eigenvalue weighted by Crippen LogP contribution is -2.18. The van der Waals surface area contributed by atoms with E-state index in [0.717, 1.165) is 0 Å². The number of nitrogens with zero attached hydrogens (tertiary/aromatic N) is 1. The highest BCUT2D eigenvalue weighted by molar-refractivity contribution is 7.89. The van der Waals surface area contributed by atoms with Gasteiger partial charge in [0.05, 0.1) is 23.7 Å². The molecule has 0 spiro atoms. The topological polar surface area (TPSA) is 114 Å². The first kappa shape index (κ1) is 15.8. The van der Waals surface area contributed by atoms with Crippen LogP contribution in [0.5, 0.6) is 5.75 Å². The van der Waals surface area contributed by atoms with Crippen LogP contribution < -0.4 is 15.3 Å². The van der Waals surface area contributed by atoms with E-state index in [4.69, 9.17) is 9.15 Å². The van der Waals surface area contributed by atoms with Crippen molar-refractivity contribution >= 4 is 27.3 Å². The summed E-state index contributed by atoms with van der Waals surface area (Å²) in [6.45, 7) is 0. The second-order valence-electron chi connectivity index (χ2n) is 4.80. The minimum atomic E-state index is -3.88. The van der Waals surface area contributed by atoms with E-state index in [1.807, 2.05) is 0 Å². The molecule has 3 aromatic rings. The van der Waals surface area contributed by atoms with Gasteiger partial charge < -0.3 is 9.15 Å². The van der Waals surface area contributed by atoms with Crippen LogP contribution in [-0.2, 0) is 10.0 Å². The molecular weight excluding hydrogens is 334 g/mol. The largest absolute Gasteiger partial charge is 0.497 e. The second kappa shape index (κ2) is 6.20. The number of ether oxygens (including phenoxy) is 1. The van der Waals surface area contributed by atoms with Crippen LogP contribution in [0.2, 0.25) is 0 Å². The third-order valence-corrected chi connectivity index (χ3v) is 4.40. The summed E-state index contributed by atoms with van der Waals surface area (Å²) in [5, 5.41) is 3.73. The van der Waals surface area contributed by atoms with Crippen molar-refractivity contribution in [2.75, 3.05) is 7.11 Å². The normalized spacial score (nSPS) is 11.9. The molecule has 0 amide bonds. The fraction of sp³-hybridized carbons (Fsp3) is 0.0667. The first-order valence-corrected chi connectivity index (χ1v) is 8.28. The van der Waals surface area contributed by atoms with Gasteiger partial charge in [-0.25, -0.2) is 9.63 Å². The zero-order valence-electron chi connectivity index (χ0n) is 12.5. The first-order valence-electron chi connectivity index (χ1n) is 6.80. The quantitative estimate of drug-likeness (QED) is 0.535. The molecule has 2 aromatic carbocycles. The Morgan fingerprint density at radius 2 is 2.08 bits per heavy atom. The van der Waals surface area contributed by atoms with Gasteiger partial charge in [-0.1, -0.05) is 12.1 Å². The van der Waals surface area contributed by atoms with Crippen LogP contribution in [-0.4, -0.2) is 26.7 Å². The average molecular weight is 347 g/mol. The van der Waals surface area contributed by atoms with Crippen molar-refractivity contribution < 1.29 is 17.6 Å². The van der Waals surface area contributed by atoms with Crippen LogP contribution >= 0.6 is 0 Å². The van der Waals surface area contributed by atoms with Crippen LogP contribution in [0.15, 0.2) is 61.7 Å². The predicted octanol–water partition coefficient (Wildman–Crippen LogP) is 1.44. The maximum absolute atomic E-state index is 12.2. The molecule has 0 unspecified atom stereocenters. The molecule has 0 aliphatic carbocycles. The van der Waals surface area contributed by atoms with Crippen molar-refractivity contribution in [2.24, 2.45) is 5.10 Å². The van der Waals surface area contributed by atoms with E-state index in [1.54, 1.807) is 24.3 Å². The minimum absolute atomic E-state index is 0.0689. The Labute approximate surface area is 136 Å². The van der Waals surface area contributed by atoms with E-state index in [1.165, 1.54) is 31.5 Å². The van der Waals surface area contributed by atoms with Crippen LogP contribution in [0.25, 0.3) is 11.1 Å². The number of hydrogen-bond acceptors (Lipinski definition) is 6. The van der Waals surface area contributed by atoms with Crippen LogP contribution in [0.1, 0.15) is 5.56 Å². The monoisotopic (exact) mass is 347 g/mol. The second-order valence-corrected chi connectivity index (χ2v) is 6.46. The lowest BCUT2D eigenvalue weighted by Gasteiger charge is -2.03. The van der Waals surface area contributed by atoms with Crippen molar-refractivity contribution in [3.05, 3.63) is 58.6 Å². The number of hydrogen-bond donors (Lipinski definition) is 2. The van der Waals surface area contributed by atoms with E-state index in [-0.39, 0.29) is 10.5 Å². The van der Waals surface area contributed by atoms with Crippen LogP contribution in [0.3, 0.4) is 0 Å². The number of rotatable bonds is 5. The Hall–Kier alpha value is -3.07. The van der Waals surface area contributed by atoms with Gasteiger partial charge in [-0.3, -0.25) is 4.98 Å². The van der Waals surface area contributed by atoms with Gasteiger partial charge in [0.2, 0.25) is 0 Å². The van der Waals surface area contributed by atoms with Crippen LogP contribution in [0.4, 0.5) is 0 Å².